The molecule has 0 bridgehead atoms. The van der Waals surface area contributed by atoms with Crippen LogP contribution in [0.2, 0.25) is 0 Å². The Morgan fingerprint density at radius 3 is 2.39 bits per heavy atom. The van der Waals surface area contributed by atoms with E-state index in [0.717, 1.165) is 13.1 Å². The molecule has 2 rings (SSSR count). The van der Waals surface area contributed by atoms with Crippen LogP contribution in [0, 0.1) is 0 Å². The van der Waals surface area contributed by atoms with Crippen LogP contribution in [0.5, 0.6) is 0 Å². The molecular formula is C12H21N3O2S. The number of ether oxygens (including phenoxy) is 2. The average Bonchev–Trinajstić information content (AvgIpc) is 3.13. The number of hydrogen-bond donors (Lipinski definition) is 1. The van der Waals surface area contributed by atoms with Crippen molar-refractivity contribution in [2.45, 2.75) is 18.8 Å². The maximum absolute atomic E-state index is 5.99. The summed E-state index contributed by atoms with van der Waals surface area (Å²) >= 11 is 1.49. The Morgan fingerprint density at radius 2 is 1.89 bits per heavy atom. The molecule has 1 heterocycles. The van der Waals surface area contributed by atoms with Crippen molar-refractivity contribution in [2.75, 3.05) is 51.2 Å². The molecule has 0 amide bonds. The van der Waals surface area contributed by atoms with Gasteiger partial charge in [0.05, 0.1) is 13.2 Å². The van der Waals surface area contributed by atoms with Crippen LogP contribution in [0.1, 0.15) is 24.3 Å². The highest BCUT2D eigenvalue weighted by Crippen LogP contribution is 2.48. The van der Waals surface area contributed by atoms with Gasteiger partial charge in [0.15, 0.2) is 0 Å². The minimum absolute atomic E-state index is 0.617. The molecule has 1 aromatic heterocycles. The third-order valence-corrected chi connectivity index (χ3v) is 4.08. The summed E-state index contributed by atoms with van der Waals surface area (Å²) in [6.07, 6.45) is 2.47. The van der Waals surface area contributed by atoms with Gasteiger partial charge in [-0.2, -0.15) is 4.37 Å². The van der Waals surface area contributed by atoms with E-state index in [2.05, 4.69) is 9.27 Å². The van der Waals surface area contributed by atoms with Crippen molar-refractivity contribution >= 4 is 22.4 Å². The molecule has 0 aromatic carbocycles. The van der Waals surface area contributed by atoms with Crippen LogP contribution in [0.25, 0.3) is 0 Å². The zero-order chi connectivity index (χ0) is 13.0. The van der Waals surface area contributed by atoms with Crippen LogP contribution < -0.4 is 10.6 Å². The lowest BCUT2D eigenvalue weighted by Crippen LogP contribution is -2.30. The molecular weight excluding hydrogens is 250 g/mol. The molecule has 1 aliphatic rings. The van der Waals surface area contributed by atoms with E-state index < -0.39 is 0 Å². The zero-order valence-electron chi connectivity index (χ0n) is 11.0. The van der Waals surface area contributed by atoms with Crippen molar-refractivity contribution in [3.8, 4) is 0 Å². The van der Waals surface area contributed by atoms with Crippen molar-refractivity contribution < 1.29 is 9.47 Å². The summed E-state index contributed by atoms with van der Waals surface area (Å²) in [4.78, 5) is 2.27. The van der Waals surface area contributed by atoms with Crippen molar-refractivity contribution in [1.82, 2.24) is 4.37 Å². The summed E-state index contributed by atoms with van der Waals surface area (Å²) in [6.45, 7) is 3.10. The van der Waals surface area contributed by atoms with E-state index in [-0.39, 0.29) is 0 Å². The normalized spacial score (nSPS) is 15.0. The molecule has 0 aliphatic heterocycles. The predicted molar refractivity (Wildman–Crippen MR) is 74.5 cm³/mol. The van der Waals surface area contributed by atoms with E-state index in [1.165, 1.54) is 34.9 Å². The fraction of sp³-hybridized carbons (Fsp3) is 0.750. The van der Waals surface area contributed by atoms with Crippen LogP contribution in [0.3, 0.4) is 0 Å². The molecule has 1 aromatic rings. The maximum Gasteiger partial charge on any atom is 0.142 e. The number of nitrogens with two attached hydrogens (primary N) is 1. The first-order chi connectivity index (χ1) is 8.77. The third kappa shape index (κ3) is 3.13. The van der Waals surface area contributed by atoms with E-state index in [1.807, 2.05) is 0 Å². The number of nitrogens with zero attached hydrogens (tertiary/aromatic N) is 2. The molecule has 0 saturated heterocycles. The fourth-order valence-corrected chi connectivity index (χ4v) is 2.95. The molecule has 5 nitrogen and oxygen atoms in total. The van der Waals surface area contributed by atoms with Crippen LogP contribution in [0.4, 0.5) is 10.8 Å². The van der Waals surface area contributed by atoms with Crippen molar-refractivity contribution in [1.29, 1.82) is 0 Å². The van der Waals surface area contributed by atoms with Crippen LogP contribution in [0.15, 0.2) is 0 Å². The molecule has 2 N–H and O–H groups in total. The second-order valence-electron chi connectivity index (χ2n) is 4.53. The summed E-state index contributed by atoms with van der Waals surface area (Å²) in [5.41, 5.74) is 7.23. The summed E-state index contributed by atoms with van der Waals surface area (Å²) in [6, 6.07) is 0. The molecule has 1 fully saturated rings. The summed E-state index contributed by atoms with van der Waals surface area (Å²) in [5.74, 6) is 1.32. The van der Waals surface area contributed by atoms with Gasteiger partial charge in [0.25, 0.3) is 0 Å². The topological polar surface area (TPSA) is 60.6 Å². The van der Waals surface area contributed by atoms with Crippen molar-refractivity contribution in [3.05, 3.63) is 5.56 Å². The van der Waals surface area contributed by atoms with Crippen molar-refractivity contribution in [2.24, 2.45) is 0 Å². The lowest BCUT2D eigenvalue weighted by molar-refractivity contribution is 0.190. The van der Waals surface area contributed by atoms with Crippen LogP contribution in [-0.4, -0.2) is 44.9 Å². The Hall–Kier alpha value is -0.850. The smallest absolute Gasteiger partial charge is 0.142 e. The van der Waals surface area contributed by atoms with Crippen LogP contribution >= 0.6 is 11.5 Å². The molecule has 0 radical (unpaired) electrons. The first kappa shape index (κ1) is 13.6. The Balaban J connectivity index is 2.12. The van der Waals surface area contributed by atoms with Gasteiger partial charge in [-0.05, 0) is 30.3 Å². The van der Waals surface area contributed by atoms with E-state index in [0.29, 0.717) is 24.9 Å². The fourth-order valence-electron chi connectivity index (χ4n) is 2.00. The van der Waals surface area contributed by atoms with Gasteiger partial charge in [-0.15, -0.1) is 0 Å². The SMILES string of the molecule is COCCN(CCOC)c1snc(N)c1C1CC1. The molecule has 0 atom stereocenters. The second kappa shape index (κ2) is 6.36. The maximum atomic E-state index is 5.99. The van der Waals surface area contributed by atoms with Crippen LogP contribution in [-0.2, 0) is 9.47 Å². The molecule has 0 spiro atoms. The molecule has 0 unspecified atom stereocenters. The Bertz CT molecular complexity index is 371. The lowest BCUT2D eigenvalue weighted by atomic mass is 10.2. The molecule has 1 saturated carbocycles. The van der Waals surface area contributed by atoms with Gasteiger partial charge in [0.1, 0.15) is 10.8 Å². The van der Waals surface area contributed by atoms with Gasteiger partial charge in [-0.1, -0.05) is 0 Å². The average molecular weight is 271 g/mol. The standard InChI is InChI=1S/C12H21N3O2S/c1-16-7-5-15(6-8-17-2)12-10(9-3-4-9)11(13)14-18-12/h9H,3-8H2,1-2H3,(H2,13,14). The van der Waals surface area contributed by atoms with Gasteiger partial charge in [-0.25, -0.2) is 0 Å². The zero-order valence-corrected chi connectivity index (χ0v) is 11.8. The van der Waals surface area contributed by atoms with Crippen molar-refractivity contribution in [3.63, 3.8) is 0 Å². The number of rotatable bonds is 8. The highest BCUT2D eigenvalue weighted by molar-refractivity contribution is 7.10. The number of nitrogen functional groups attached to an aromatic ring is 1. The van der Waals surface area contributed by atoms with E-state index >= 15 is 0 Å². The number of methoxy groups -OCH3 is 2. The molecule has 1 aliphatic carbocycles. The lowest BCUT2D eigenvalue weighted by Gasteiger charge is -2.23. The summed E-state index contributed by atoms with van der Waals surface area (Å²) < 4.78 is 14.6. The monoisotopic (exact) mass is 271 g/mol. The Labute approximate surface area is 112 Å². The van der Waals surface area contributed by atoms with E-state index in [9.17, 15) is 0 Å². The second-order valence-corrected chi connectivity index (χ2v) is 5.29. The van der Waals surface area contributed by atoms with Gasteiger partial charge in [-0.3, -0.25) is 0 Å². The third-order valence-electron chi connectivity index (χ3n) is 3.14. The van der Waals surface area contributed by atoms with Gasteiger partial charge < -0.3 is 20.1 Å². The summed E-state index contributed by atoms with van der Waals surface area (Å²) in [5, 5.41) is 1.20. The van der Waals surface area contributed by atoms with E-state index in [4.69, 9.17) is 15.2 Å². The minimum atomic E-state index is 0.617. The predicted octanol–water partition coefficient (Wildman–Crippen LogP) is 1.70. The largest absolute Gasteiger partial charge is 0.383 e. The highest BCUT2D eigenvalue weighted by atomic mass is 32.1. The first-order valence-electron chi connectivity index (χ1n) is 6.25. The highest BCUT2D eigenvalue weighted by Gasteiger charge is 2.32. The molecule has 102 valence electrons. The number of hydrogen-bond acceptors (Lipinski definition) is 6. The summed E-state index contributed by atoms with van der Waals surface area (Å²) in [7, 11) is 3.44. The Morgan fingerprint density at radius 1 is 1.28 bits per heavy atom. The van der Waals surface area contributed by atoms with E-state index in [1.54, 1.807) is 14.2 Å². The van der Waals surface area contributed by atoms with Gasteiger partial charge in [0, 0.05) is 32.9 Å². The quantitative estimate of drug-likeness (QED) is 0.780. The van der Waals surface area contributed by atoms with Gasteiger partial charge >= 0.3 is 0 Å². The minimum Gasteiger partial charge on any atom is -0.383 e. The van der Waals surface area contributed by atoms with Gasteiger partial charge in [0.2, 0.25) is 0 Å². The molecule has 18 heavy (non-hydrogen) atoms. The first-order valence-corrected chi connectivity index (χ1v) is 7.03. The Kier molecular flexibility index (Phi) is 4.79. The number of anilines is 2. The molecule has 6 heteroatoms. The number of aromatic nitrogens is 1.